The van der Waals surface area contributed by atoms with Crippen molar-refractivity contribution in [2.45, 2.75) is 75.7 Å². The van der Waals surface area contributed by atoms with Crippen molar-refractivity contribution in [1.29, 1.82) is 0 Å². The van der Waals surface area contributed by atoms with E-state index in [1.807, 2.05) is 0 Å². The van der Waals surface area contributed by atoms with E-state index < -0.39 is 64.0 Å². The molecule has 0 saturated carbocycles. The highest BCUT2D eigenvalue weighted by atomic mass is 19.3. The first-order valence-corrected chi connectivity index (χ1v) is 12.5. The number of ether oxygens (including phenoxy) is 1. The number of aryl methyl sites for hydroxylation is 1. The van der Waals surface area contributed by atoms with Gasteiger partial charge in [-0.2, -0.15) is 17.6 Å². The van der Waals surface area contributed by atoms with Gasteiger partial charge in [0.2, 0.25) is 6.29 Å². The fourth-order valence-corrected chi connectivity index (χ4v) is 5.52. The molecule has 0 amide bonds. The van der Waals surface area contributed by atoms with Crippen LogP contribution in [0.3, 0.4) is 0 Å². The summed E-state index contributed by atoms with van der Waals surface area (Å²) in [7, 11) is 0. The molecule has 38 heavy (non-hydrogen) atoms. The molecule has 0 spiro atoms. The van der Waals surface area contributed by atoms with Gasteiger partial charge in [-0.3, -0.25) is 0 Å². The summed E-state index contributed by atoms with van der Waals surface area (Å²) in [6.45, 7) is 6.41. The Hall–Kier alpha value is -2.81. The number of benzene rings is 1. The molecular weight excluding hydrogens is 513 g/mol. The number of aliphatic hydroxyl groups excluding tert-OH is 1. The van der Waals surface area contributed by atoms with Crippen molar-refractivity contribution in [3.05, 3.63) is 94.3 Å². The van der Waals surface area contributed by atoms with Gasteiger partial charge in [0, 0.05) is 11.8 Å². The molecule has 4 atom stereocenters. The van der Waals surface area contributed by atoms with Crippen molar-refractivity contribution in [2.75, 3.05) is 0 Å². The van der Waals surface area contributed by atoms with E-state index in [4.69, 9.17) is 4.74 Å². The monoisotopic (exact) mass is 542 g/mol. The minimum Gasteiger partial charge on any atom is -0.462 e. The Labute approximate surface area is 216 Å². The molecule has 2 nitrogen and oxygen atoms in total. The van der Waals surface area contributed by atoms with Crippen molar-refractivity contribution in [1.82, 2.24) is 0 Å². The summed E-state index contributed by atoms with van der Waals surface area (Å²) in [5.74, 6) is -16.4. The number of rotatable bonds is 8. The summed E-state index contributed by atoms with van der Waals surface area (Å²) >= 11 is 0. The molecule has 9 heteroatoms. The van der Waals surface area contributed by atoms with Gasteiger partial charge in [-0.1, -0.05) is 62.3 Å². The van der Waals surface area contributed by atoms with Crippen LogP contribution in [-0.2, 0) is 22.5 Å². The summed E-state index contributed by atoms with van der Waals surface area (Å²) in [6, 6.07) is 2.38. The van der Waals surface area contributed by atoms with Crippen LogP contribution in [0.2, 0.25) is 0 Å². The molecule has 3 aliphatic carbocycles. The lowest BCUT2D eigenvalue weighted by molar-refractivity contribution is -0.258. The third kappa shape index (κ3) is 4.32. The summed E-state index contributed by atoms with van der Waals surface area (Å²) < 4.78 is 112. The van der Waals surface area contributed by atoms with E-state index in [2.05, 4.69) is 6.58 Å². The Bertz CT molecular complexity index is 1240. The smallest absolute Gasteiger partial charge is 0.339 e. The van der Waals surface area contributed by atoms with Crippen LogP contribution in [0.4, 0.5) is 30.7 Å². The Morgan fingerprint density at radius 3 is 2.50 bits per heavy atom. The zero-order valence-electron chi connectivity index (χ0n) is 21.0. The minimum absolute atomic E-state index is 0.0445. The third-order valence-corrected chi connectivity index (χ3v) is 7.57. The number of fused-ring (bicyclic) bond motifs is 3. The van der Waals surface area contributed by atoms with Crippen LogP contribution in [-0.4, -0.2) is 23.5 Å². The van der Waals surface area contributed by atoms with Crippen LogP contribution in [0.25, 0.3) is 0 Å². The van der Waals surface area contributed by atoms with E-state index in [1.165, 1.54) is 12.1 Å². The van der Waals surface area contributed by atoms with E-state index >= 15 is 26.3 Å². The van der Waals surface area contributed by atoms with Crippen LogP contribution < -0.4 is 0 Å². The first kappa shape index (κ1) is 28.2. The van der Waals surface area contributed by atoms with Crippen molar-refractivity contribution < 1.29 is 40.6 Å². The highest BCUT2D eigenvalue weighted by Crippen LogP contribution is 2.64. The molecule has 1 aromatic rings. The standard InChI is InChI=1S/C29H29F7O2/c1-4-6-8-16-9-12-21(20(30)15-16)38-26(37)18-13-14-27(3)19-11-10-17(7-5-2)23(31)22(19)28(33,34)29(35,36)25(27)24(18)32/h4,9-14,20,25-26,37H,1,5-8,15H2,2-3H3. The molecule has 0 aliphatic heterocycles. The van der Waals surface area contributed by atoms with Gasteiger partial charge in [-0.15, -0.1) is 6.58 Å². The first-order valence-electron chi connectivity index (χ1n) is 12.5. The normalized spacial score (nSPS) is 28.2. The van der Waals surface area contributed by atoms with Gasteiger partial charge in [-0.05, 0) is 36.5 Å². The molecule has 3 aliphatic rings. The predicted octanol–water partition coefficient (Wildman–Crippen LogP) is 8.04. The zero-order chi connectivity index (χ0) is 28.0. The number of allylic oxidation sites excluding steroid dienone is 7. The number of aliphatic hydroxyl groups is 1. The lowest BCUT2D eigenvalue weighted by Gasteiger charge is -2.50. The summed E-state index contributed by atoms with van der Waals surface area (Å²) in [5.41, 5.74) is -4.18. The fraction of sp³-hybridized carbons (Fsp3) is 0.448. The second kappa shape index (κ2) is 10.1. The van der Waals surface area contributed by atoms with Crippen molar-refractivity contribution in [3.8, 4) is 0 Å². The van der Waals surface area contributed by atoms with E-state index in [9.17, 15) is 9.50 Å². The fourth-order valence-electron chi connectivity index (χ4n) is 5.52. The molecule has 1 aromatic carbocycles. The quantitative estimate of drug-likeness (QED) is 0.205. The maximum absolute atomic E-state index is 15.7. The van der Waals surface area contributed by atoms with Crippen molar-refractivity contribution in [3.63, 3.8) is 0 Å². The van der Waals surface area contributed by atoms with Crippen molar-refractivity contribution >= 4 is 0 Å². The van der Waals surface area contributed by atoms with Gasteiger partial charge < -0.3 is 9.84 Å². The second-order valence-electron chi connectivity index (χ2n) is 10.1. The van der Waals surface area contributed by atoms with Gasteiger partial charge in [0.15, 0.2) is 6.17 Å². The van der Waals surface area contributed by atoms with Crippen LogP contribution >= 0.6 is 0 Å². The maximum atomic E-state index is 15.7. The van der Waals surface area contributed by atoms with Gasteiger partial charge >= 0.3 is 11.8 Å². The molecule has 1 N–H and O–H groups in total. The molecule has 0 radical (unpaired) electrons. The number of hydrogen-bond acceptors (Lipinski definition) is 2. The van der Waals surface area contributed by atoms with Gasteiger partial charge in [-0.25, -0.2) is 13.2 Å². The molecule has 0 fully saturated rings. The average Bonchev–Trinajstić information content (AvgIpc) is 2.84. The Balaban J connectivity index is 1.73. The van der Waals surface area contributed by atoms with E-state index in [1.54, 1.807) is 19.1 Å². The number of hydrogen-bond donors (Lipinski definition) is 1. The van der Waals surface area contributed by atoms with Crippen LogP contribution in [0.1, 0.15) is 56.2 Å². The van der Waals surface area contributed by atoms with Gasteiger partial charge in [0.05, 0.1) is 17.1 Å². The molecule has 4 unspecified atom stereocenters. The Morgan fingerprint density at radius 1 is 1.16 bits per heavy atom. The lowest BCUT2D eigenvalue weighted by Crippen LogP contribution is -2.58. The maximum Gasteiger partial charge on any atom is 0.339 e. The summed E-state index contributed by atoms with van der Waals surface area (Å²) in [5, 5.41) is 10.5. The van der Waals surface area contributed by atoms with Crippen LogP contribution in [0, 0.1) is 11.7 Å². The molecular formula is C29H29F7O2. The SMILES string of the molecule is C=CCCC1=CC=C(OC(O)C2=C(F)C3C(C)(C=C2)c2ccc(CCC)c(F)c2C(F)(F)C3(F)F)C(F)C1. The highest BCUT2D eigenvalue weighted by molar-refractivity contribution is 5.54. The summed E-state index contributed by atoms with van der Waals surface area (Å²) in [6.07, 6.45) is 4.18. The zero-order valence-corrected chi connectivity index (χ0v) is 21.0. The van der Waals surface area contributed by atoms with E-state index in [0.29, 0.717) is 19.3 Å². The highest BCUT2D eigenvalue weighted by Gasteiger charge is 2.73. The number of alkyl halides is 5. The average molecular weight is 543 g/mol. The van der Waals surface area contributed by atoms with Crippen LogP contribution in [0.15, 0.2) is 71.8 Å². The van der Waals surface area contributed by atoms with Gasteiger partial charge in [0.1, 0.15) is 17.4 Å². The molecule has 0 heterocycles. The largest absolute Gasteiger partial charge is 0.462 e. The number of halogens is 7. The molecule has 0 saturated heterocycles. The molecule has 4 rings (SSSR count). The molecule has 0 bridgehead atoms. The Kier molecular flexibility index (Phi) is 7.47. The first-order chi connectivity index (χ1) is 17.8. The van der Waals surface area contributed by atoms with Crippen LogP contribution in [0.5, 0.6) is 0 Å². The molecule has 0 aromatic heterocycles. The third-order valence-electron chi connectivity index (χ3n) is 7.57. The van der Waals surface area contributed by atoms with Gasteiger partial charge in [0.25, 0.3) is 0 Å². The molecule has 206 valence electrons. The predicted molar refractivity (Wildman–Crippen MR) is 130 cm³/mol. The second-order valence-corrected chi connectivity index (χ2v) is 10.1. The van der Waals surface area contributed by atoms with E-state index in [0.717, 1.165) is 30.7 Å². The Morgan fingerprint density at radius 2 is 1.87 bits per heavy atom. The summed E-state index contributed by atoms with van der Waals surface area (Å²) in [4.78, 5) is 0. The van der Waals surface area contributed by atoms with Crippen molar-refractivity contribution in [2.24, 2.45) is 5.92 Å². The lowest BCUT2D eigenvalue weighted by atomic mass is 9.58. The topological polar surface area (TPSA) is 29.5 Å². The minimum atomic E-state index is -5.06. The van der Waals surface area contributed by atoms with E-state index in [-0.39, 0.29) is 24.2 Å².